The Labute approximate surface area is 109 Å². The number of ether oxygens (including phenoxy) is 1. The molecule has 3 nitrogen and oxygen atoms in total. The predicted molar refractivity (Wildman–Crippen MR) is 72.9 cm³/mol. The minimum absolute atomic E-state index is 0.437. The lowest BCUT2D eigenvalue weighted by atomic mass is 9.91. The predicted octanol–water partition coefficient (Wildman–Crippen LogP) is 2.05. The van der Waals surface area contributed by atoms with Crippen LogP contribution >= 0.6 is 0 Å². The number of benzene rings is 1. The number of likely N-dealkylation sites (N-methyl/N-ethyl adjacent to an activating group) is 1. The summed E-state index contributed by atoms with van der Waals surface area (Å²) in [6, 6.07) is 9.49. The fourth-order valence-corrected chi connectivity index (χ4v) is 3.07. The van der Waals surface area contributed by atoms with Crippen LogP contribution in [0, 0.1) is 5.92 Å². The fourth-order valence-electron chi connectivity index (χ4n) is 3.07. The Morgan fingerprint density at radius 2 is 2.17 bits per heavy atom. The minimum atomic E-state index is 0.437. The first-order valence-corrected chi connectivity index (χ1v) is 6.90. The summed E-state index contributed by atoms with van der Waals surface area (Å²) in [4.78, 5) is 2.40. The van der Waals surface area contributed by atoms with E-state index in [-0.39, 0.29) is 0 Å². The minimum Gasteiger partial charge on any atom is -0.493 e. The maximum Gasteiger partial charge on any atom is 0.124 e. The smallest absolute Gasteiger partial charge is 0.124 e. The maximum absolute atomic E-state index is 5.80. The second-order valence-electron chi connectivity index (χ2n) is 5.72. The zero-order valence-corrected chi connectivity index (χ0v) is 11.2. The van der Waals surface area contributed by atoms with Gasteiger partial charge in [0.25, 0.3) is 0 Å². The van der Waals surface area contributed by atoms with Crippen molar-refractivity contribution in [2.45, 2.75) is 25.4 Å². The van der Waals surface area contributed by atoms with Crippen LogP contribution in [0.4, 0.5) is 0 Å². The van der Waals surface area contributed by atoms with Crippen LogP contribution < -0.4 is 10.1 Å². The van der Waals surface area contributed by atoms with E-state index in [1.54, 1.807) is 0 Å². The van der Waals surface area contributed by atoms with Gasteiger partial charge in [0.15, 0.2) is 0 Å². The van der Waals surface area contributed by atoms with Crippen molar-refractivity contribution in [3.05, 3.63) is 29.8 Å². The maximum atomic E-state index is 5.80. The molecule has 3 unspecified atom stereocenters. The van der Waals surface area contributed by atoms with Gasteiger partial charge in [0.1, 0.15) is 5.75 Å². The average molecular weight is 246 g/mol. The van der Waals surface area contributed by atoms with Crippen LogP contribution in [0.5, 0.6) is 5.75 Å². The Hall–Kier alpha value is -1.06. The topological polar surface area (TPSA) is 24.5 Å². The lowest BCUT2D eigenvalue weighted by Crippen LogP contribution is -2.41. The number of nitrogens with zero attached hydrogens (tertiary/aromatic N) is 1. The summed E-state index contributed by atoms with van der Waals surface area (Å²) in [6.07, 6.45) is 1.25. The molecule has 3 atom stereocenters. The number of hydrogen-bond acceptors (Lipinski definition) is 3. The first kappa shape index (κ1) is 12.0. The lowest BCUT2D eigenvalue weighted by molar-refractivity contribution is 0.180. The van der Waals surface area contributed by atoms with E-state index >= 15 is 0 Å². The van der Waals surface area contributed by atoms with E-state index in [2.05, 4.69) is 48.5 Å². The third-order valence-electron chi connectivity index (χ3n) is 4.13. The molecule has 2 aliphatic heterocycles. The molecule has 1 aromatic rings. The van der Waals surface area contributed by atoms with Crippen LogP contribution in [0.15, 0.2) is 24.3 Å². The summed E-state index contributed by atoms with van der Waals surface area (Å²) in [7, 11) is 2.20. The molecule has 1 fully saturated rings. The molecule has 0 spiro atoms. The molecule has 1 N–H and O–H groups in total. The van der Waals surface area contributed by atoms with Gasteiger partial charge in [-0.25, -0.2) is 0 Å². The van der Waals surface area contributed by atoms with Crippen molar-refractivity contribution >= 4 is 0 Å². The second-order valence-corrected chi connectivity index (χ2v) is 5.72. The molecule has 0 amide bonds. The molecule has 18 heavy (non-hydrogen) atoms. The first-order valence-electron chi connectivity index (χ1n) is 6.90. The molecule has 0 saturated carbocycles. The summed E-state index contributed by atoms with van der Waals surface area (Å²) in [5.41, 5.74) is 1.32. The van der Waals surface area contributed by atoms with Gasteiger partial charge in [0.2, 0.25) is 0 Å². The van der Waals surface area contributed by atoms with Crippen molar-refractivity contribution in [3.63, 3.8) is 0 Å². The molecule has 98 valence electrons. The Kier molecular flexibility index (Phi) is 3.27. The van der Waals surface area contributed by atoms with E-state index in [1.807, 2.05) is 0 Å². The normalized spacial score (nSPS) is 32.0. The molecular weight excluding hydrogens is 224 g/mol. The highest BCUT2D eigenvalue weighted by Gasteiger charge is 2.31. The Balaban J connectivity index is 1.78. The number of rotatable bonds is 2. The van der Waals surface area contributed by atoms with Crippen LogP contribution in [0.3, 0.4) is 0 Å². The van der Waals surface area contributed by atoms with Crippen LogP contribution in [0.2, 0.25) is 0 Å². The van der Waals surface area contributed by atoms with Crippen LogP contribution in [0.1, 0.15) is 24.9 Å². The summed E-state index contributed by atoms with van der Waals surface area (Å²) in [5.74, 6) is 1.59. The Morgan fingerprint density at radius 1 is 1.33 bits per heavy atom. The first-order chi connectivity index (χ1) is 8.74. The van der Waals surface area contributed by atoms with Gasteiger partial charge >= 0.3 is 0 Å². The highest BCUT2D eigenvalue weighted by Crippen LogP contribution is 2.35. The lowest BCUT2D eigenvalue weighted by Gasteiger charge is -2.34. The van der Waals surface area contributed by atoms with Gasteiger partial charge in [-0.05, 0) is 26.1 Å². The SMILES string of the molecule is CC1COc2ccccc2C1NC1CCN(C)C1. The molecule has 0 radical (unpaired) electrons. The van der Waals surface area contributed by atoms with Gasteiger partial charge in [0, 0.05) is 30.1 Å². The molecule has 0 aliphatic carbocycles. The Morgan fingerprint density at radius 3 is 2.94 bits per heavy atom. The molecule has 0 aromatic heterocycles. The summed E-state index contributed by atoms with van der Waals surface area (Å²) >= 11 is 0. The fraction of sp³-hybridized carbons (Fsp3) is 0.600. The van der Waals surface area contributed by atoms with Crippen molar-refractivity contribution in [1.82, 2.24) is 10.2 Å². The molecule has 2 heterocycles. The number of fused-ring (bicyclic) bond motifs is 1. The van der Waals surface area contributed by atoms with Gasteiger partial charge in [0.05, 0.1) is 6.61 Å². The third kappa shape index (κ3) is 2.25. The molecule has 1 saturated heterocycles. The van der Waals surface area contributed by atoms with E-state index in [1.165, 1.54) is 18.5 Å². The van der Waals surface area contributed by atoms with E-state index in [0.717, 1.165) is 18.9 Å². The van der Waals surface area contributed by atoms with Gasteiger partial charge in [-0.1, -0.05) is 25.1 Å². The largest absolute Gasteiger partial charge is 0.493 e. The second kappa shape index (κ2) is 4.90. The van der Waals surface area contributed by atoms with Gasteiger partial charge in [-0.2, -0.15) is 0 Å². The van der Waals surface area contributed by atoms with Gasteiger partial charge in [-0.15, -0.1) is 0 Å². The van der Waals surface area contributed by atoms with E-state index in [4.69, 9.17) is 4.74 Å². The molecular formula is C15H22N2O. The number of para-hydroxylation sites is 1. The number of hydrogen-bond donors (Lipinski definition) is 1. The molecule has 3 rings (SSSR count). The molecule has 1 aromatic carbocycles. The van der Waals surface area contributed by atoms with Crippen molar-refractivity contribution in [2.75, 3.05) is 26.7 Å². The average Bonchev–Trinajstić information content (AvgIpc) is 2.79. The molecule has 3 heteroatoms. The number of nitrogens with one attached hydrogen (secondary N) is 1. The standard InChI is InChI=1S/C15H22N2O/c1-11-10-18-14-6-4-3-5-13(14)15(11)16-12-7-8-17(2)9-12/h3-6,11-12,15-16H,7-10H2,1-2H3. The summed E-state index contributed by atoms with van der Waals surface area (Å²) < 4.78 is 5.80. The summed E-state index contributed by atoms with van der Waals surface area (Å²) in [5, 5.41) is 3.83. The van der Waals surface area contributed by atoms with Crippen molar-refractivity contribution in [3.8, 4) is 5.75 Å². The highest BCUT2D eigenvalue weighted by atomic mass is 16.5. The quantitative estimate of drug-likeness (QED) is 0.864. The Bertz CT molecular complexity index is 421. The third-order valence-corrected chi connectivity index (χ3v) is 4.13. The zero-order valence-electron chi connectivity index (χ0n) is 11.2. The molecule has 2 aliphatic rings. The number of likely N-dealkylation sites (tertiary alicyclic amines) is 1. The van der Waals surface area contributed by atoms with E-state index < -0.39 is 0 Å². The van der Waals surface area contributed by atoms with Crippen molar-refractivity contribution in [1.29, 1.82) is 0 Å². The van der Waals surface area contributed by atoms with Crippen LogP contribution in [0.25, 0.3) is 0 Å². The van der Waals surface area contributed by atoms with Crippen LogP contribution in [-0.4, -0.2) is 37.7 Å². The zero-order chi connectivity index (χ0) is 12.5. The summed E-state index contributed by atoms with van der Waals surface area (Å²) in [6.45, 7) is 5.45. The van der Waals surface area contributed by atoms with Crippen molar-refractivity contribution < 1.29 is 4.74 Å². The van der Waals surface area contributed by atoms with E-state index in [0.29, 0.717) is 18.0 Å². The van der Waals surface area contributed by atoms with Gasteiger partial charge < -0.3 is 15.0 Å². The van der Waals surface area contributed by atoms with Gasteiger partial charge in [-0.3, -0.25) is 0 Å². The van der Waals surface area contributed by atoms with Crippen molar-refractivity contribution in [2.24, 2.45) is 5.92 Å². The van der Waals surface area contributed by atoms with Crippen LogP contribution in [-0.2, 0) is 0 Å². The monoisotopic (exact) mass is 246 g/mol. The van der Waals surface area contributed by atoms with E-state index in [9.17, 15) is 0 Å². The highest BCUT2D eigenvalue weighted by molar-refractivity contribution is 5.38. The molecule has 0 bridgehead atoms.